The fraction of sp³-hybridized carbons (Fsp3) is 0.182. The van der Waals surface area contributed by atoms with E-state index in [1.165, 1.54) is 19.5 Å². The molecule has 1 N–H and O–H groups in total. The topological polar surface area (TPSA) is 117 Å². The normalized spacial score (nSPS) is 10.8. The van der Waals surface area contributed by atoms with Crippen molar-refractivity contribution in [1.29, 1.82) is 0 Å². The molecule has 162 valence electrons. The maximum Gasteiger partial charge on any atom is 0.316 e. The van der Waals surface area contributed by atoms with Crippen LogP contribution in [0.5, 0.6) is 17.5 Å². The maximum atomic E-state index is 12.8. The molecule has 10 heteroatoms. The Hall–Kier alpha value is -4.34. The first-order valence-corrected chi connectivity index (χ1v) is 9.85. The van der Waals surface area contributed by atoms with Gasteiger partial charge in [0.25, 0.3) is 5.91 Å². The van der Waals surface area contributed by atoms with Gasteiger partial charge in [0.05, 0.1) is 19.5 Å². The van der Waals surface area contributed by atoms with Crippen molar-refractivity contribution >= 4 is 11.7 Å². The standard InChI is InChI=1S/C22H21N7O3/c1-14(2)29-13-25-28-20(29)18-8-5-9-19(26-18)27-21(30)15-6-4-7-16(10-15)32-17-11-23-22(31-3)24-12-17/h4-14H,1-3H3,(H,26,27,30). The Morgan fingerprint density at radius 2 is 1.84 bits per heavy atom. The van der Waals surface area contributed by atoms with Crippen molar-refractivity contribution in [2.45, 2.75) is 19.9 Å². The predicted octanol–water partition coefficient (Wildman–Crippen LogP) is 3.76. The van der Waals surface area contributed by atoms with Crippen molar-refractivity contribution in [1.82, 2.24) is 29.7 Å². The first-order chi connectivity index (χ1) is 15.5. The van der Waals surface area contributed by atoms with Gasteiger partial charge in [-0.1, -0.05) is 12.1 Å². The van der Waals surface area contributed by atoms with Crippen LogP contribution < -0.4 is 14.8 Å². The summed E-state index contributed by atoms with van der Waals surface area (Å²) in [6, 6.07) is 12.5. The minimum atomic E-state index is -0.323. The van der Waals surface area contributed by atoms with Crippen LogP contribution in [0.4, 0.5) is 5.82 Å². The van der Waals surface area contributed by atoms with Crippen LogP contribution in [-0.4, -0.2) is 42.7 Å². The van der Waals surface area contributed by atoms with Gasteiger partial charge in [0.15, 0.2) is 11.6 Å². The zero-order valence-corrected chi connectivity index (χ0v) is 17.8. The third kappa shape index (κ3) is 4.69. The van der Waals surface area contributed by atoms with Gasteiger partial charge in [0.2, 0.25) is 0 Å². The molecule has 32 heavy (non-hydrogen) atoms. The summed E-state index contributed by atoms with van der Waals surface area (Å²) in [5, 5.41) is 10.9. The molecule has 0 radical (unpaired) electrons. The molecule has 4 rings (SSSR count). The first kappa shape index (κ1) is 20.9. The SMILES string of the molecule is COc1ncc(Oc2cccc(C(=O)Nc3cccc(-c4nncn4C(C)C)n3)c2)cn1. The number of rotatable bonds is 7. The number of anilines is 1. The second-order valence-electron chi connectivity index (χ2n) is 7.05. The third-order valence-corrected chi connectivity index (χ3v) is 4.47. The molecule has 1 amide bonds. The summed E-state index contributed by atoms with van der Waals surface area (Å²) in [5.74, 6) is 1.61. The van der Waals surface area contributed by atoms with E-state index in [1.807, 2.05) is 24.5 Å². The number of methoxy groups -OCH3 is 1. The summed E-state index contributed by atoms with van der Waals surface area (Å²) < 4.78 is 12.6. The molecule has 4 aromatic rings. The molecule has 0 fully saturated rings. The lowest BCUT2D eigenvalue weighted by molar-refractivity contribution is 0.102. The molecule has 3 aromatic heterocycles. The Labute approximate surface area is 184 Å². The average molecular weight is 431 g/mol. The second kappa shape index (κ2) is 9.21. The quantitative estimate of drug-likeness (QED) is 0.470. The van der Waals surface area contributed by atoms with Gasteiger partial charge < -0.3 is 19.4 Å². The number of pyridine rings is 1. The summed E-state index contributed by atoms with van der Waals surface area (Å²) in [5.41, 5.74) is 1.03. The molecule has 0 saturated carbocycles. The van der Waals surface area contributed by atoms with Crippen LogP contribution in [0.1, 0.15) is 30.2 Å². The lowest BCUT2D eigenvalue weighted by Crippen LogP contribution is -2.13. The van der Waals surface area contributed by atoms with Gasteiger partial charge >= 0.3 is 6.01 Å². The largest absolute Gasteiger partial charge is 0.467 e. The molecule has 0 bridgehead atoms. The number of amides is 1. The van der Waals surface area contributed by atoms with Crippen molar-refractivity contribution in [2.24, 2.45) is 0 Å². The maximum absolute atomic E-state index is 12.8. The number of nitrogens with zero attached hydrogens (tertiary/aromatic N) is 6. The Balaban J connectivity index is 1.49. The smallest absolute Gasteiger partial charge is 0.316 e. The number of hydrogen-bond acceptors (Lipinski definition) is 8. The molecule has 1 aromatic carbocycles. The number of hydrogen-bond donors (Lipinski definition) is 1. The summed E-state index contributed by atoms with van der Waals surface area (Å²) in [6.07, 6.45) is 4.64. The van der Waals surface area contributed by atoms with E-state index in [0.29, 0.717) is 34.4 Å². The Morgan fingerprint density at radius 1 is 1.06 bits per heavy atom. The number of nitrogens with one attached hydrogen (secondary N) is 1. The zero-order valence-electron chi connectivity index (χ0n) is 17.8. The van der Waals surface area contributed by atoms with E-state index in [4.69, 9.17) is 9.47 Å². The monoisotopic (exact) mass is 431 g/mol. The van der Waals surface area contributed by atoms with Gasteiger partial charge in [-0.05, 0) is 44.2 Å². The van der Waals surface area contributed by atoms with Crippen LogP contribution >= 0.6 is 0 Å². The van der Waals surface area contributed by atoms with Crippen LogP contribution in [0.15, 0.2) is 61.2 Å². The van der Waals surface area contributed by atoms with E-state index in [-0.39, 0.29) is 18.0 Å². The Bertz CT molecular complexity index is 1220. The van der Waals surface area contributed by atoms with Crippen LogP contribution in [0.25, 0.3) is 11.5 Å². The summed E-state index contributed by atoms with van der Waals surface area (Å²) in [7, 11) is 1.48. The second-order valence-corrected chi connectivity index (χ2v) is 7.05. The molecule has 0 aliphatic carbocycles. The molecule has 10 nitrogen and oxygen atoms in total. The van der Waals surface area contributed by atoms with E-state index in [9.17, 15) is 4.79 Å². The molecule has 0 unspecified atom stereocenters. The molecule has 0 aliphatic rings. The summed E-state index contributed by atoms with van der Waals surface area (Å²) >= 11 is 0. The molecular formula is C22H21N7O3. The highest BCUT2D eigenvalue weighted by Crippen LogP contribution is 2.23. The molecule has 3 heterocycles. The van der Waals surface area contributed by atoms with Crippen molar-refractivity contribution in [2.75, 3.05) is 12.4 Å². The molecule has 0 aliphatic heterocycles. The fourth-order valence-electron chi connectivity index (χ4n) is 2.92. The summed E-state index contributed by atoms with van der Waals surface area (Å²) in [4.78, 5) is 25.3. The third-order valence-electron chi connectivity index (χ3n) is 4.47. The van der Waals surface area contributed by atoms with Gasteiger partial charge in [0.1, 0.15) is 23.6 Å². The predicted molar refractivity (Wildman–Crippen MR) is 117 cm³/mol. The Kier molecular flexibility index (Phi) is 6.02. The molecule has 0 atom stereocenters. The van der Waals surface area contributed by atoms with Gasteiger partial charge in [-0.15, -0.1) is 10.2 Å². The molecular weight excluding hydrogens is 410 g/mol. The summed E-state index contributed by atoms with van der Waals surface area (Å²) in [6.45, 7) is 4.07. The minimum absolute atomic E-state index is 0.180. The fourth-order valence-corrected chi connectivity index (χ4v) is 2.92. The Morgan fingerprint density at radius 3 is 2.59 bits per heavy atom. The van der Waals surface area contributed by atoms with Crippen LogP contribution in [0, 0.1) is 0 Å². The highest BCUT2D eigenvalue weighted by Gasteiger charge is 2.13. The van der Waals surface area contributed by atoms with Gasteiger partial charge in [-0.25, -0.2) is 4.98 Å². The zero-order chi connectivity index (χ0) is 22.5. The van der Waals surface area contributed by atoms with E-state index in [1.54, 1.807) is 42.7 Å². The van der Waals surface area contributed by atoms with E-state index >= 15 is 0 Å². The number of ether oxygens (including phenoxy) is 2. The van der Waals surface area contributed by atoms with Gasteiger partial charge in [-0.3, -0.25) is 4.79 Å². The lowest BCUT2D eigenvalue weighted by Gasteiger charge is -2.11. The first-order valence-electron chi connectivity index (χ1n) is 9.85. The van der Waals surface area contributed by atoms with Crippen molar-refractivity contribution in [3.63, 3.8) is 0 Å². The average Bonchev–Trinajstić information content (AvgIpc) is 3.30. The number of carbonyl (C=O) groups is 1. The number of aromatic nitrogens is 6. The molecule has 0 spiro atoms. The van der Waals surface area contributed by atoms with E-state index < -0.39 is 0 Å². The van der Waals surface area contributed by atoms with Crippen molar-refractivity contribution in [3.8, 4) is 29.0 Å². The number of carbonyl (C=O) groups excluding carboxylic acids is 1. The van der Waals surface area contributed by atoms with Gasteiger partial charge in [0, 0.05) is 11.6 Å². The highest BCUT2D eigenvalue weighted by atomic mass is 16.5. The lowest BCUT2D eigenvalue weighted by atomic mass is 10.2. The van der Waals surface area contributed by atoms with Gasteiger partial charge in [-0.2, -0.15) is 9.97 Å². The number of benzene rings is 1. The van der Waals surface area contributed by atoms with E-state index in [0.717, 1.165) is 0 Å². The van der Waals surface area contributed by atoms with Crippen LogP contribution in [0.3, 0.4) is 0 Å². The van der Waals surface area contributed by atoms with E-state index in [2.05, 4.69) is 30.5 Å². The van der Waals surface area contributed by atoms with Crippen molar-refractivity contribution < 1.29 is 14.3 Å². The minimum Gasteiger partial charge on any atom is -0.467 e. The molecule has 0 saturated heterocycles. The highest BCUT2D eigenvalue weighted by molar-refractivity contribution is 6.04. The van der Waals surface area contributed by atoms with Crippen LogP contribution in [0.2, 0.25) is 0 Å². The van der Waals surface area contributed by atoms with Crippen LogP contribution in [-0.2, 0) is 0 Å². The van der Waals surface area contributed by atoms with Crippen molar-refractivity contribution in [3.05, 3.63) is 66.7 Å².